The largest absolute Gasteiger partial charge is 0.481 e. The zero-order valence-corrected chi connectivity index (χ0v) is 19.8. The highest BCUT2D eigenvalue weighted by Gasteiger charge is 2.29. The number of carbonyl (C=O) groups excluding carboxylic acids is 3. The maximum Gasteiger partial charge on any atom is 0.305 e. The number of allylic oxidation sites excluding steroid dienone is 3. The lowest BCUT2D eigenvalue weighted by molar-refractivity contribution is -0.140. The van der Waals surface area contributed by atoms with Crippen molar-refractivity contribution in [3.63, 3.8) is 0 Å². The SMILES string of the molecule is CC(C)CC(NC(=O)c1cc2ccccc2cn1)C(=O)NC(CC(=O)O)C(=O)NC1=CCCC=C1. The van der Waals surface area contributed by atoms with E-state index >= 15 is 0 Å². The highest BCUT2D eigenvalue weighted by atomic mass is 16.4. The fourth-order valence-corrected chi connectivity index (χ4v) is 3.73. The third-order valence-corrected chi connectivity index (χ3v) is 5.47. The monoisotopic (exact) mass is 478 g/mol. The molecule has 2 unspecified atom stereocenters. The number of nitrogens with one attached hydrogen (secondary N) is 3. The first-order chi connectivity index (χ1) is 16.7. The van der Waals surface area contributed by atoms with Crippen molar-refractivity contribution < 1.29 is 24.3 Å². The maximum absolute atomic E-state index is 13.1. The average molecular weight is 479 g/mol. The topological polar surface area (TPSA) is 137 Å². The molecule has 0 spiro atoms. The zero-order valence-electron chi connectivity index (χ0n) is 19.8. The van der Waals surface area contributed by atoms with Crippen LogP contribution in [-0.4, -0.2) is 45.9 Å². The van der Waals surface area contributed by atoms with Gasteiger partial charge >= 0.3 is 5.97 Å². The number of hydrogen-bond donors (Lipinski definition) is 4. The molecule has 0 fully saturated rings. The second-order valence-corrected chi connectivity index (χ2v) is 8.86. The number of hydrogen-bond acceptors (Lipinski definition) is 5. The van der Waals surface area contributed by atoms with E-state index in [0.29, 0.717) is 12.1 Å². The zero-order chi connectivity index (χ0) is 25.4. The van der Waals surface area contributed by atoms with Gasteiger partial charge in [0.15, 0.2) is 0 Å². The number of rotatable bonds is 10. The lowest BCUT2D eigenvalue weighted by atomic mass is 10.0. The van der Waals surface area contributed by atoms with E-state index in [1.807, 2.05) is 50.3 Å². The Bertz CT molecular complexity index is 1170. The molecule has 1 aromatic heterocycles. The van der Waals surface area contributed by atoms with Crippen molar-refractivity contribution in [2.45, 2.75) is 51.6 Å². The van der Waals surface area contributed by atoms with Gasteiger partial charge < -0.3 is 21.1 Å². The number of aliphatic carboxylic acids is 1. The predicted molar refractivity (Wildman–Crippen MR) is 131 cm³/mol. The molecule has 3 amide bonds. The normalized spacial score (nSPS) is 14.7. The first-order valence-corrected chi connectivity index (χ1v) is 11.6. The quantitative estimate of drug-likeness (QED) is 0.414. The molecule has 0 bridgehead atoms. The third kappa shape index (κ3) is 7.49. The van der Waals surface area contributed by atoms with Crippen molar-refractivity contribution in [1.82, 2.24) is 20.9 Å². The number of amides is 3. The Morgan fingerprint density at radius 1 is 1.00 bits per heavy atom. The van der Waals surface area contributed by atoms with Crippen molar-refractivity contribution in [3.05, 3.63) is 66.1 Å². The van der Waals surface area contributed by atoms with Crippen LogP contribution in [-0.2, 0) is 14.4 Å². The number of carboxylic acids is 1. The summed E-state index contributed by atoms with van der Waals surface area (Å²) < 4.78 is 0. The first kappa shape index (κ1) is 25.6. The highest BCUT2D eigenvalue weighted by molar-refractivity contribution is 6.00. The molecular weight excluding hydrogens is 448 g/mol. The molecule has 2 atom stereocenters. The Labute approximate surface area is 203 Å². The van der Waals surface area contributed by atoms with Crippen LogP contribution in [0.25, 0.3) is 10.8 Å². The molecule has 9 heteroatoms. The van der Waals surface area contributed by atoms with Gasteiger partial charge in [0.05, 0.1) is 6.42 Å². The predicted octanol–water partition coefficient (Wildman–Crippen LogP) is 2.69. The summed E-state index contributed by atoms with van der Waals surface area (Å²) in [6, 6.07) is 6.82. The van der Waals surface area contributed by atoms with E-state index in [0.717, 1.165) is 23.6 Å². The minimum Gasteiger partial charge on any atom is -0.481 e. The highest BCUT2D eigenvalue weighted by Crippen LogP contribution is 2.14. The summed E-state index contributed by atoms with van der Waals surface area (Å²) in [5, 5.41) is 18.9. The van der Waals surface area contributed by atoms with E-state index in [-0.39, 0.29) is 11.6 Å². The number of nitrogens with zero attached hydrogens (tertiary/aromatic N) is 1. The molecule has 1 heterocycles. The van der Waals surface area contributed by atoms with Gasteiger partial charge in [0.2, 0.25) is 11.8 Å². The van der Waals surface area contributed by atoms with E-state index in [4.69, 9.17) is 0 Å². The van der Waals surface area contributed by atoms with E-state index in [2.05, 4.69) is 20.9 Å². The molecule has 3 rings (SSSR count). The van der Waals surface area contributed by atoms with Gasteiger partial charge in [-0.1, -0.05) is 50.3 Å². The van der Waals surface area contributed by atoms with Crippen molar-refractivity contribution in [3.8, 4) is 0 Å². The van der Waals surface area contributed by atoms with Gasteiger partial charge in [0.1, 0.15) is 17.8 Å². The molecule has 1 aliphatic carbocycles. The van der Waals surface area contributed by atoms with Gasteiger partial charge in [-0.25, -0.2) is 0 Å². The molecule has 9 nitrogen and oxygen atoms in total. The smallest absolute Gasteiger partial charge is 0.305 e. The van der Waals surface area contributed by atoms with Crippen LogP contribution in [0.15, 0.2) is 60.5 Å². The fraction of sp³-hybridized carbons (Fsp3) is 0.346. The van der Waals surface area contributed by atoms with E-state index in [9.17, 15) is 24.3 Å². The van der Waals surface area contributed by atoms with Crippen molar-refractivity contribution in [1.29, 1.82) is 0 Å². The van der Waals surface area contributed by atoms with Crippen LogP contribution in [0.1, 0.15) is 50.0 Å². The van der Waals surface area contributed by atoms with Gasteiger partial charge in [-0.2, -0.15) is 0 Å². The van der Waals surface area contributed by atoms with Gasteiger partial charge in [-0.05, 0) is 42.7 Å². The standard InChI is InChI=1S/C26H30N4O5/c1-16(2)12-21(29-24(33)20-13-17-8-6-7-9-18(17)15-27-20)26(35)30-22(14-23(31)32)25(34)28-19-10-4-3-5-11-19/h4,6-11,13,15-16,21-22H,3,5,12,14H2,1-2H3,(H,28,34)(H,29,33)(H,30,35)(H,31,32). The maximum atomic E-state index is 13.1. The molecule has 2 aromatic rings. The fourth-order valence-electron chi connectivity index (χ4n) is 3.73. The minimum absolute atomic E-state index is 0.0416. The number of benzene rings is 1. The Hall–Kier alpha value is -4.01. The summed E-state index contributed by atoms with van der Waals surface area (Å²) in [5.74, 6) is -3.00. The Balaban J connectivity index is 1.73. The molecule has 0 saturated carbocycles. The Morgan fingerprint density at radius 3 is 2.40 bits per heavy atom. The number of fused-ring (bicyclic) bond motifs is 1. The van der Waals surface area contributed by atoms with Crippen LogP contribution in [0.2, 0.25) is 0 Å². The molecule has 0 saturated heterocycles. The molecule has 0 aliphatic heterocycles. The molecule has 1 aliphatic rings. The lowest BCUT2D eigenvalue weighted by Gasteiger charge is -2.24. The number of aromatic nitrogens is 1. The van der Waals surface area contributed by atoms with Crippen LogP contribution in [0, 0.1) is 5.92 Å². The summed E-state index contributed by atoms with van der Waals surface area (Å²) >= 11 is 0. The molecule has 184 valence electrons. The van der Waals surface area contributed by atoms with Crippen LogP contribution in [0.4, 0.5) is 0 Å². The Kier molecular flexibility index (Phi) is 8.72. The third-order valence-electron chi connectivity index (χ3n) is 5.47. The summed E-state index contributed by atoms with van der Waals surface area (Å²) in [7, 11) is 0. The first-order valence-electron chi connectivity index (χ1n) is 11.6. The minimum atomic E-state index is -1.30. The van der Waals surface area contributed by atoms with Gasteiger partial charge in [0.25, 0.3) is 5.91 Å². The van der Waals surface area contributed by atoms with Gasteiger partial charge in [-0.15, -0.1) is 0 Å². The van der Waals surface area contributed by atoms with Gasteiger partial charge in [-0.3, -0.25) is 24.2 Å². The number of carbonyl (C=O) groups is 4. The van der Waals surface area contributed by atoms with Gasteiger partial charge in [0, 0.05) is 17.3 Å². The Morgan fingerprint density at radius 2 is 1.74 bits per heavy atom. The molecule has 35 heavy (non-hydrogen) atoms. The van der Waals surface area contributed by atoms with Crippen molar-refractivity contribution in [2.75, 3.05) is 0 Å². The average Bonchev–Trinajstić information content (AvgIpc) is 2.82. The van der Waals surface area contributed by atoms with E-state index < -0.39 is 42.2 Å². The molecular formula is C26H30N4O5. The second-order valence-electron chi connectivity index (χ2n) is 8.86. The van der Waals surface area contributed by atoms with Crippen LogP contribution >= 0.6 is 0 Å². The van der Waals surface area contributed by atoms with Crippen LogP contribution in [0.5, 0.6) is 0 Å². The van der Waals surface area contributed by atoms with E-state index in [1.165, 1.54) is 0 Å². The summed E-state index contributed by atoms with van der Waals surface area (Å²) in [4.78, 5) is 54.3. The number of pyridine rings is 1. The van der Waals surface area contributed by atoms with Crippen molar-refractivity contribution >= 4 is 34.5 Å². The van der Waals surface area contributed by atoms with E-state index in [1.54, 1.807) is 18.3 Å². The van der Waals surface area contributed by atoms with Crippen LogP contribution < -0.4 is 16.0 Å². The molecule has 1 aromatic carbocycles. The second kappa shape index (κ2) is 11.9. The van der Waals surface area contributed by atoms with Crippen molar-refractivity contribution in [2.24, 2.45) is 5.92 Å². The molecule has 4 N–H and O–H groups in total. The summed E-state index contributed by atoms with van der Waals surface area (Å²) in [6.45, 7) is 3.79. The summed E-state index contributed by atoms with van der Waals surface area (Å²) in [6.07, 6.45) is 8.36. The van der Waals surface area contributed by atoms with Crippen LogP contribution in [0.3, 0.4) is 0 Å². The number of carboxylic acid groups (broad SMARTS) is 1. The lowest BCUT2D eigenvalue weighted by Crippen LogP contribution is -2.54. The summed E-state index contributed by atoms with van der Waals surface area (Å²) in [5.41, 5.74) is 0.710. The molecule has 0 radical (unpaired) electrons.